The number of anilines is 1. The van der Waals surface area contributed by atoms with Gasteiger partial charge in [0.2, 0.25) is 0 Å². The molecule has 0 unspecified atom stereocenters. The third-order valence-electron chi connectivity index (χ3n) is 2.08. The molecule has 13 heavy (non-hydrogen) atoms. The first kappa shape index (κ1) is 10.3. The third kappa shape index (κ3) is 2.86. The highest BCUT2D eigenvalue weighted by Crippen LogP contribution is 2.06. The minimum Gasteiger partial charge on any atom is -0.366 e. The van der Waals surface area contributed by atoms with Crippen LogP contribution in [0.2, 0.25) is 0 Å². The molecule has 0 aliphatic carbocycles. The average molecular weight is 200 g/mol. The van der Waals surface area contributed by atoms with Crippen molar-refractivity contribution in [1.29, 1.82) is 0 Å². The van der Waals surface area contributed by atoms with Crippen LogP contribution in [0.25, 0.3) is 0 Å². The largest absolute Gasteiger partial charge is 0.366 e. The Morgan fingerprint density at radius 1 is 1.46 bits per heavy atom. The van der Waals surface area contributed by atoms with E-state index in [1.165, 1.54) is 6.42 Å². The van der Waals surface area contributed by atoms with Gasteiger partial charge in [0.05, 0.1) is 0 Å². The molecule has 1 aliphatic heterocycles. The van der Waals surface area contributed by atoms with Crippen LogP contribution in [0.5, 0.6) is 0 Å². The highest BCUT2D eigenvalue weighted by molar-refractivity contribution is 5.85. The number of aromatic nitrogens is 1. The number of hydrogen-bond donors (Lipinski definition) is 2. The van der Waals surface area contributed by atoms with Crippen molar-refractivity contribution in [3.05, 3.63) is 24.4 Å². The second-order valence-corrected chi connectivity index (χ2v) is 3.05. The molecule has 1 saturated heterocycles. The number of pyridine rings is 1. The Hall–Kier alpha value is -0.800. The second kappa shape index (κ2) is 5.04. The van der Waals surface area contributed by atoms with Crippen LogP contribution in [-0.2, 0) is 0 Å². The van der Waals surface area contributed by atoms with E-state index in [0.29, 0.717) is 6.04 Å². The van der Waals surface area contributed by atoms with E-state index in [4.69, 9.17) is 0 Å². The first-order valence-corrected chi connectivity index (χ1v) is 4.33. The predicted octanol–water partition coefficient (Wildman–Crippen LogP) is 1.28. The van der Waals surface area contributed by atoms with Crippen LogP contribution in [0.1, 0.15) is 6.42 Å². The summed E-state index contributed by atoms with van der Waals surface area (Å²) in [6.45, 7) is 2.17. The lowest BCUT2D eigenvalue weighted by atomic mass is 10.2. The van der Waals surface area contributed by atoms with Crippen molar-refractivity contribution in [2.45, 2.75) is 12.5 Å². The van der Waals surface area contributed by atoms with Gasteiger partial charge >= 0.3 is 0 Å². The number of nitrogens with one attached hydrogen (secondary N) is 2. The van der Waals surface area contributed by atoms with E-state index >= 15 is 0 Å². The molecule has 1 atom stereocenters. The van der Waals surface area contributed by atoms with Gasteiger partial charge in [-0.3, -0.25) is 0 Å². The summed E-state index contributed by atoms with van der Waals surface area (Å²) < 4.78 is 0. The van der Waals surface area contributed by atoms with E-state index in [1.54, 1.807) is 0 Å². The lowest BCUT2D eigenvalue weighted by Gasteiger charge is -2.10. The zero-order chi connectivity index (χ0) is 8.23. The van der Waals surface area contributed by atoms with Gasteiger partial charge in [-0.25, -0.2) is 4.98 Å². The Balaban J connectivity index is 0.000000845. The lowest BCUT2D eigenvalue weighted by Crippen LogP contribution is -2.22. The summed E-state index contributed by atoms with van der Waals surface area (Å²) in [6, 6.07) is 6.48. The van der Waals surface area contributed by atoms with Gasteiger partial charge in [0.15, 0.2) is 0 Å². The minimum atomic E-state index is 0. The summed E-state index contributed by atoms with van der Waals surface area (Å²) in [5, 5.41) is 6.67. The molecule has 72 valence electrons. The molecule has 0 amide bonds. The van der Waals surface area contributed by atoms with Gasteiger partial charge in [-0.05, 0) is 25.1 Å². The zero-order valence-corrected chi connectivity index (χ0v) is 8.18. The van der Waals surface area contributed by atoms with Crippen LogP contribution < -0.4 is 10.6 Å². The topological polar surface area (TPSA) is 37.0 Å². The normalized spacial score (nSPS) is 20.8. The van der Waals surface area contributed by atoms with Crippen molar-refractivity contribution in [2.75, 3.05) is 18.4 Å². The highest BCUT2D eigenvalue weighted by atomic mass is 35.5. The molecule has 4 heteroatoms. The maximum absolute atomic E-state index is 4.20. The number of rotatable bonds is 2. The Kier molecular flexibility index (Phi) is 3.99. The molecule has 1 fully saturated rings. The van der Waals surface area contributed by atoms with E-state index in [1.807, 2.05) is 24.4 Å². The standard InChI is InChI=1S/C9H13N3.ClH/c1-2-5-11-9(3-1)12-8-4-6-10-7-8;/h1-3,5,8,10H,4,6-7H2,(H,11,12);1H/t8-;/m1./s1. The molecule has 0 saturated carbocycles. The molecule has 2 rings (SSSR count). The summed E-state index contributed by atoms with van der Waals surface area (Å²) in [5.74, 6) is 0.978. The van der Waals surface area contributed by atoms with Crippen LogP contribution in [0.3, 0.4) is 0 Å². The summed E-state index contributed by atoms with van der Waals surface area (Å²) in [4.78, 5) is 4.20. The zero-order valence-electron chi connectivity index (χ0n) is 7.36. The van der Waals surface area contributed by atoms with E-state index in [2.05, 4.69) is 15.6 Å². The number of halogens is 1. The molecule has 2 heterocycles. The molecule has 0 radical (unpaired) electrons. The molecule has 0 spiro atoms. The first-order valence-electron chi connectivity index (χ1n) is 4.33. The summed E-state index contributed by atoms with van der Waals surface area (Å²) in [6.07, 6.45) is 3.00. The lowest BCUT2D eigenvalue weighted by molar-refractivity contribution is 0.788. The summed E-state index contributed by atoms with van der Waals surface area (Å²) in [5.41, 5.74) is 0. The molecule has 0 bridgehead atoms. The Morgan fingerprint density at radius 3 is 3.00 bits per heavy atom. The maximum atomic E-state index is 4.20. The van der Waals surface area contributed by atoms with Gasteiger partial charge in [0, 0.05) is 18.8 Å². The fourth-order valence-electron chi connectivity index (χ4n) is 1.44. The fourth-order valence-corrected chi connectivity index (χ4v) is 1.44. The van der Waals surface area contributed by atoms with Gasteiger partial charge < -0.3 is 10.6 Å². The second-order valence-electron chi connectivity index (χ2n) is 3.05. The van der Waals surface area contributed by atoms with Crippen molar-refractivity contribution in [1.82, 2.24) is 10.3 Å². The maximum Gasteiger partial charge on any atom is 0.126 e. The minimum absolute atomic E-state index is 0. The van der Waals surface area contributed by atoms with Gasteiger partial charge in [-0.2, -0.15) is 0 Å². The van der Waals surface area contributed by atoms with Crippen LogP contribution in [0.4, 0.5) is 5.82 Å². The van der Waals surface area contributed by atoms with E-state index in [-0.39, 0.29) is 12.4 Å². The molecule has 1 aliphatic rings. The molecule has 1 aromatic heterocycles. The van der Waals surface area contributed by atoms with Crippen LogP contribution in [0.15, 0.2) is 24.4 Å². The van der Waals surface area contributed by atoms with Crippen LogP contribution in [-0.4, -0.2) is 24.1 Å². The Morgan fingerprint density at radius 2 is 2.38 bits per heavy atom. The SMILES string of the molecule is Cl.c1ccc(N[C@@H]2CCNC2)nc1. The third-order valence-corrected chi connectivity index (χ3v) is 2.08. The first-order chi connectivity index (χ1) is 5.95. The van der Waals surface area contributed by atoms with Crippen molar-refractivity contribution in [2.24, 2.45) is 0 Å². The quantitative estimate of drug-likeness (QED) is 0.754. The van der Waals surface area contributed by atoms with Crippen molar-refractivity contribution in [3.63, 3.8) is 0 Å². The van der Waals surface area contributed by atoms with E-state index in [9.17, 15) is 0 Å². The van der Waals surface area contributed by atoms with Crippen molar-refractivity contribution in [3.8, 4) is 0 Å². The average Bonchev–Trinajstić information content (AvgIpc) is 2.59. The molecule has 3 nitrogen and oxygen atoms in total. The number of nitrogens with zero attached hydrogens (tertiary/aromatic N) is 1. The Labute approximate surface area is 84.4 Å². The van der Waals surface area contributed by atoms with Crippen molar-refractivity contribution >= 4 is 18.2 Å². The molecule has 1 aromatic rings. The smallest absolute Gasteiger partial charge is 0.126 e. The van der Waals surface area contributed by atoms with Gasteiger partial charge in [-0.1, -0.05) is 6.07 Å². The van der Waals surface area contributed by atoms with Gasteiger partial charge in [0.25, 0.3) is 0 Å². The summed E-state index contributed by atoms with van der Waals surface area (Å²) >= 11 is 0. The van der Waals surface area contributed by atoms with Crippen LogP contribution >= 0.6 is 12.4 Å². The van der Waals surface area contributed by atoms with Gasteiger partial charge in [-0.15, -0.1) is 12.4 Å². The monoisotopic (exact) mass is 199 g/mol. The summed E-state index contributed by atoms with van der Waals surface area (Å²) in [7, 11) is 0. The molecular weight excluding hydrogens is 186 g/mol. The van der Waals surface area contributed by atoms with E-state index < -0.39 is 0 Å². The molecule has 2 N–H and O–H groups in total. The van der Waals surface area contributed by atoms with Crippen LogP contribution in [0, 0.1) is 0 Å². The number of hydrogen-bond acceptors (Lipinski definition) is 3. The Bertz CT molecular complexity index is 234. The highest BCUT2D eigenvalue weighted by Gasteiger charge is 2.13. The fraction of sp³-hybridized carbons (Fsp3) is 0.444. The van der Waals surface area contributed by atoms with E-state index in [0.717, 1.165) is 18.9 Å². The van der Waals surface area contributed by atoms with Crippen molar-refractivity contribution < 1.29 is 0 Å². The predicted molar refractivity (Wildman–Crippen MR) is 56.4 cm³/mol. The van der Waals surface area contributed by atoms with Gasteiger partial charge in [0.1, 0.15) is 5.82 Å². The molecular formula is C9H14ClN3. The molecule has 0 aromatic carbocycles.